The zero-order valence-electron chi connectivity index (χ0n) is 12.5. The minimum Gasteiger partial charge on any atom is -0.265 e. The number of hydrogen-bond donors (Lipinski definition) is 0. The van der Waals surface area contributed by atoms with E-state index in [1.165, 1.54) is 0 Å². The predicted molar refractivity (Wildman–Crippen MR) is 89.9 cm³/mol. The van der Waals surface area contributed by atoms with Crippen LogP contribution in [0.15, 0.2) is 69.5 Å². The Labute approximate surface area is 129 Å². The van der Waals surface area contributed by atoms with Gasteiger partial charge >= 0.3 is 0 Å². The van der Waals surface area contributed by atoms with Crippen molar-refractivity contribution in [2.24, 2.45) is 20.4 Å². The monoisotopic (exact) mass is 292 g/mol. The summed E-state index contributed by atoms with van der Waals surface area (Å²) < 4.78 is 0. The number of rotatable bonds is 5. The lowest BCUT2D eigenvalue weighted by atomic mass is 10.3. The zero-order valence-corrected chi connectivity index (χ0v) is 12.5. The van der Waals surface area contributed by atoms with Crippen molar-refractivity contribution in [3.05, 3.63) is 60.2 Å². The van der Waals surface area contributed by atoms with E-state index in [-0.39, 0.29) is 0 Å². The number of hydrogen-bond acceptors (Lipinski definition) is 6. The number of aromatic nitrogens is 2. The molecule has 0 fully saturated rings. The fourth-order valence-electron chi connectivity index (χ4n) is 1.41. The van der Waals surface area contributed by atoms with Crippen LogP contribution in [0.25, 0.3) is 0 Å². The highest BCUT2D eigenvalue weighted by Crippen LogP contribution is 1.94. The molecule has 0 amide bonds. The summed E-state index contributed by atoms with van der Waals surface area (Å²) >= 11 is 0. The third-order valence-electron chi connectivity index (χ3n) is 2.76. The van der Waals surface area contributed by atoms with Gasteiger partial charge in [-0.15, -0.1) is 0 Å². The lowest BCUT2D eigenvalue weighted by Gasteiger charge is -1.94. The Kier molecular flexibility index (Phi) is 5.80. The second-order valence-electron chi connectivity index (χ2n) is 4.42. The first-order valence-electron chi connectivity index (χ1n) is 6.71. The fraction of sp³-hybridized carbons (Fsp3) is 0.125. The van der Waals surface area contributed by atoms with Gasteiger partial charge < -0.3 is 0 Å². The van der Waals surface area contributed by atoms with Gasteiger partial charge in [0, 0.05) is 24.8 Å². The maximum Gasteiger partial charge on any atom is 0.0829 e. The highest BCUT2D eigenvalue weighted by atomic mass is 15.2. The van der Waals surface area contributed by atoms with Crippen LogP contribution >= 0.6 is 0 Å². The van der Waals surface area contributed by atoms with Gasteiger partial charge in [-0.25, -0.2) is 0 Å². The largest absolute Gasteiger partial charge is 0.265 e. The van der Waals surface area contributed by atoms with Crippen molar-refractivity contribution in [3.8, 4) is 0 Å². The standard InChI is InChI=1S/C16H16N6/c1-13(21-19-11-15-3-7-17-8-4-15)14(2)22-20-12-16-5-9-18-10-6-16/h3-12H,1-2H3/b19-11+,20-12+,21-13-,22-14+. The van der Waals surface area contributed by atoms with Crippen LogP contribution in [0.5, 0.6) is 0 Å². The summed E-state index contributed by atoms with van der Waals surface area (Å²) in [5.74, 6) is 0. The van der Waals surface area contributed by atoms with E-state index in [0.29, 0.717) is 11.4 Å². The summed E-state index contributed by atoms with van der Waals surface area (Å²) in [5.41, 5.74) is 3.29. The smallest absolute Gasteiger partial charge is 0.0829 e. The lowest BCUT2D eigenvalue weighted by molar-refractivity contribution is 1.22. The molecule has 0 saturated carbocycles. The molecule has 0 saturated heterocycles. The molecule has 0 N–H and O–H groups in total. The summed E-state index contributed by atoms with van der Waals surface area (Å²) in [6.45, 7) is 3.68. The van der Waals surface area contributed by atoms with Crippen LogP contribution in [0.3, 0.4) is 0 Å². The Hall–Kier alpha value is -3.02. The zero-order chi connectivity index (χ0) is 15.6. The molecular formula is C16H16N6. The van der Waals surface area contributed by atoms with Crippen molar-refractivity contribution in [1.29, 1.82) is 0 Å². The Morgan fingerprint density at radius 2 is 1.09 bits per heavy atom. The summed E-state index contributed by atoms with van der Waals surface area (Å²) in [6, 6.07) is 7.42. The van der Waals surface area contributed by atoms with Crippen LogP contribution in [0.4, 0.5) is 0 Å². The third-order valence-corrected chi connectivity index (χ3v) is 2.76. The molecule has 6 heteroatoms. The first-order chi connectivity index (χ1) is 10.8. The van der Waals surface area contributed by atoms with E-state index in [2.05, 4.69) is 30.4 Å². The van der Waals surface area contributed by atoms with E-state index in [1.807, 2.05) is 38.1 Å². The van der Waals surface area contributed by atoms with Gasteiger partial charge in [0.1, 0.15) is 0 Å². The second-order valence-corrected chi connectivity index (χ2v) is 4.42. The van der Waals surface area contributed by atoms with E-state index in [9.17, 15) is 0 Å². The van der Waals surface area contributed by atoms with Crippen LogP contribution < -0.4 is 0 Å². The fourth-order valence-corrected chi connectivity index (χ4v) is 1.41. The van der Waals surface area contributed by atoms with Gasteiger partial charge in [0.15, 0.2) is 0 Å². The summed E-state index contributed by atoms with van der Waals surface area (Å²) in [7, 11) is 0. The molecule has 0 aliphatic rings. The Bertz CT molecular complexity index is 638. The van der Waals surface area contributed by atoms with E-state index >= 15 is 0 Å². The van der Waals surface area contributed by atoms with Crippen LogP contribution in [-0.2, 0) is 0 Å². The topological polar surface area (TPSA) is 75.2 Å². The third kappa shape index (κ3) is 5.16. The molecule has 2 aromatic heterocycles. The molecule has 0 bridgehead atoms. The molecule has 0 radical (unpaired) electrons. The Morgan fingerprint density at radius 1 is 0.727 bits per heavy atom. The Balaban J connectivity index is 1.97. The van der Waals surface area contributed by atoms with Gasteiger partial charge in [0.2, 0.25) is 0 Å². The van der Waals surface area contributed by atoms with Gasteiger partial charge in [-0.05, 0) is 49.2 Å². The molecule has 110 valence electrons. The number of nitrogens with zero attached hydrogens (tertiary/aromatic N) is 6. The van der Waals surface area contributed by atoms with E-state index in [1.54, 1.807) is 37.2 Å². The molecule has 0 aliphatic heterocycles. The minimum atomic E-state index is 0.706. The maximum atomic E-state index is 4.10. The SMILES string of the molecule is CC(=N/N=C/c1ccncc1)/C(C)=N/N=C/c1ccncc1. The van der Waals surface area contributed by atoms with Gasteiger partial charge in [0.05, 0.1) is 23.9 Å². The van der Waals surface area contributed by atoms with Crippen molar-refractivity contribution >= 4 is 23.9 Å². The normalized spacial score (nSPS) is 13.2. The van der Waals surface area contributed by atoms with Crippen LogP contribution in [0, 0.1) is 0 Å². The summed E-state index contributed by atoms with van der Waals surface area (Å²) in [6.07, 6.45) is 10.2. The summed E-state index contributed by atoms with van der Waals surface area (Å²) in [4.78, 5) is 7.88. The molecule has 0 unspecified atom stereocenters. The lowest BCUT2D eigenvalue weighted by Crippen LogP contribution is -2.04. The molecule has 2 heterocycles. The van der Waals surface area contributed by atoms with E-state index in [0.717, 1.165) is 11.1 Å². The van der Waals surface area contributed by atoms with E-state index in [4.69, 9.17) is 0 Å². The average molecular weight is 292 g/mol. The molecule has 6 nitrogen and oxygen atoms in total. The molecule has 0 spiro atoms. The molecule has 0 aromatic carbocycles. The Morgan fingerprint density at radius 3 is 1.45 bits per heavy atom. The van der Waals surface area contributed by atoms with Gasteiger partial charge in [-0.2, -0.15) is 20.4 Å². The predicted octanol–water partition coefficient (Wildman–Crippen LogP) is 2.77. The van der Waals surface area contributed by atoms with Gasteiger partial charge in [-0.1, -0.05) is 0 Å². The first kappa shape index (κ1) is 15.4. The van der Waals surface area contributed by atoms with Crippen LogP contribution in [0.1, 0.15) is 25.0 Å². The van der Waals surface area contributed by atoms with Crippen LogP contribution in [-0.4, -0.2) is 33.8 Å². The van der Waals surface area contributed by atoms with Crippen molar-refractivity contribution in [1.82, 2.24) is 9.97 Å². The highest BCUT2D eigenvalue weighted by molar-refractivity contribution is 6.40. The van der Waals surface area contributed by atoms with Crippen molar-refractivity contribution < 1.29 is 0 Å². The van der Waals surface area contributed by atoms with E-state index < -0.39 is 0 Å². The number of pyridine rings is 2. The summed E-state index contributed by atoms with van der Waals surface area (Å²) in [5, 5.41) is 16.2. The second kappa shape index (κ2) is 8.31. The molecule has 2 rings (SSSR count). The van der Waals surface area contributed by atoms with Crippen molar-refractivity contribution in [3.63, 3.8) is 0 Å². The van der Waals surface area contributed by atoms with Crippen molar-refractivity contribution in [2.45, 2.75) is 13.8 Å². The molecule has 2 aromatic rings. The quantitative estimate of drug-likeness (QED) is 0.627. The molecule has 0 aliphatic carbocycles. The van der Waals surface area contributed by atoms with Crippen molar-refractivity contribution in [2.75, 3.05) is 0 Å². The molecular weight excluding hydrogens is 276 g/mol. The maximum absolute atomic E-state index is 4.10. The average Bonchev–Trinajstić information content (AvgIpc) is 2.56. The van der Waals surface area contributed by atoms with Gasteiger partial charge in [0.25, 0.3) is 0 Å². The highest BCUT2D eigenvalue weighted by Gasteiger charge is 1.95. The van der Waals surface area contributed by atoms with Gasteiger partial charge in [-0.3, -0.25) is 9.97 Å². The first-order valence-corrected chi connectivity index (χ1v) is 6.71. The molecule has 22 heavy (non-hydrogen) atoms. The molecule has 0 atom stereocenters. The minimum absolute atomic E-state index is 0.706. The van der Waals surface area contributed by atoms with Crippen LogP contribution in [0.2, 0.25) is 0 Å².